The lowest BCUT2D eigenvalue weighted by molar-refractivity contribution is -0.127. The van der Waals surface area contributed by atoms with Crippen LogP contribution in [0.3, 0.4) is 0 Å². The molecule has 0 atom stereocenters. The number of ketones is 1. The van der Waals surface area contributed by atoms with E-state index in [4.69, 9.17) is 10.5 Å². The van der Waals surface area contributed by atoms with Gasteiger partial charge in [-0.3, -0.25) is 14.6 Å². The van der Waals surface area contributed by atoms with Gasteiger partial charge in [0.25, 0.3) is 11.7 Å². The lowest BCUT2D eigenvalue weighted by Crippen LogP contribution is -2.43. The molecule has 1 aliphatic heterocycles. The van der Waals surface area contributed by atoms with Gasteiger partial charge in [0.15, 0.2) is 5.82 Å². The number of nitrogens with two attached hydrogens (primary N) is 1. The van der Waals surface area contributed by atoms with E-state index in [0.29, 0.717) is 35.8 Å². The molecule has 4 aromatic rings. The first-order valence-corrected chi connectivity index (χ1v) is 11.6. The summed E-state index contributed by atoms with van der Waals surface area (Å²) in [6.07, 6.45) is 8.33. The maximum absolute atomic E-state index is 13.5. The van der Waals surface area contributed by atoms with Crippen molar-refractivity contribution in [3.8, 4) is 11.3 Å². The molecule has 0 spiro atoms. The number of nitrogens with one attached hydrogen (secondary N) is 1. The zero-order chi connectivity index (χ0) is 25.9. The van der Waals surface area contributed by atoms with Gasteiger partial charge < -0.3 is 20.4 Å². The SMILES string of the molecule is C=C/C(OC)=c1/c(C(=O)C(=O)N2CCc3c(cccc3-c3ccccn3)C2)c[nH]/c1=C(/N)n1ccnn1. The van der Waals surface area contributed by atoms with E-state index in [1.807, 2.05) is 36.4 Å². The molecule has 37 heavy (non-hydrogen) atoms. The normalized spacial score (nSPS) is 14.5. The van der Waals surface area contributed by atoms with Crippen LogP contribution in [0.15, 0.2) is 73.8 Å². The molecule has 10 nitrogen and oxygen atoms in total. The molecule has 5 rings (SSSR count). The molecule has 0 bridgehead atoms. The molecule has 0 fully saturated rings. The lowest BCUT2D eigenvalue weighted by Gasteiger charge is -2.29. The Labute approximate surface area is 212 Å². The number of pyridine rings is 1. The summed E-state index contributed by atoms with van der Waals surface area (Å²) in [4.78, 5) is 36.0. The number of amides is 1. The Hall–Kier alpha value is -4.99. The number of nitrogens with zero attached hydrogens (tertiary/aromatic N) is 5. The number of methoxy groups -OCH3 is 1. The minimum Gasteiger partial charge on any atom is -0.496 e. The number of rotatable bonds is 6. The summed E-state index contributed by atoms with van der Waals surface area (Å²) in [6.45, 7) is 4.50. The molecule has 1 amide bonds. The Balaban J connectivity index is 1.51. The van der Waals surface area contributed by atoms with Gasteiger partial charge in [0.05, 0.1) is 41.3 Å². The minimum atomic E-state index is -0.676. The maximum atomic E-state index is 13.5. The van der Waals surface area contributed by atoms with Crippen LogP contribution in [0.4, 0.5) is 0 Å². The van der Waals surface area contributed by atoms with Crippen LogP contribution in [0, 0.1) is 0 Å². The Kier molecular flexibility index (Phi) is 6.38. The molecule has 0 unspecified atom stereocenters. The Morgan fingerprint density at radius 3 is 2.76 bits per heavy atom. The quantitative estimate of drug-likeness (QED) is 0.301. The van der Waals surface area contributed by atoms with E-state index in [1.165, 1.54) is 30.3 Å². The predicted octanol–water partition coefficient (Wildman–Crippen LogP) is 0.949. The van der Waals surface area contributed by atoms with Crippen molar-refractivity contribution in [2.75, 3.05) is 13.7 Å². The van der Waals surface area contributed by atoms with Crippen molar-refractivity contribution >= 4 is 23.3 Å². The molecule has 10 heteroatoms. The first-order valence-electron chi connectivity index (χ1n) is 11.6. The number of aromatic amines is 1. The molecular formula is C27H25N7O3. The molecule has 0 saturated heterocycles. The van der Waals surface area contributed by atoms with Crippen LogP contribution in [-0.4, -0.2) is 55.2 Å². The number of aromatic nitrogens is 5. The van der Waals surface area contributed by atoms with Gasteiger partial charge in [0.2, 0.25) is 0 Å². The van der Waals surface area contributed by atoms with Gasteiger partial charge in [-0.2, -0.15) is 0 Å². The van der Waals surface area contributed by atoms with Crippen LogP contribution in [0.2, 0.25) is 0 Å². The molecule has 1 aromatic carbocycles. The summed E-state index contributed by atoms with van der Waals surface area (Å²) in [5.41, 5.74) is 10.5. The first-order chi connectivity index (χ1) is 18.0. The van der Waals surface area contributed by atoms with Crippen LogP contribution in [0.25, 0.3) is 22.8 Å². The zero-order valence-electron chi connectivity index (χ0n) is 20.2. The van der Waals surface area contributed by atoms with E-state index in [1.54, 1.807) is 17.3 Å². The van der Waals surface area contributed by atoms with Gasteiger partial charge >= 0.3 is 0 Å². The van der Waals surface area contributed by atoms with E-state index in [9.17, 15) is 9.59 Å². The van der Waals surface area contributed by atoms with Crippen molar-refractivity contribution in [1.82, 2.24) is 29.9 Å². The van der Waals surface area contributed by atoms with E-state index in [0.717, 1.165) is 22.4 Å². The largest absolute Gasteiger partial charge is 0.496 e. The fourth-order valence-corrected chi connectivity index (χ4v) is 4.60. The van der Waals surface area contributed by atoms with Crippen molar-refractivity contribution < 1.29 is 14.3 Å². The third-order valence-corrected chi connectivity index (χ3v) is 6.39. The molecule has 186 valence electrons. The van der Waals surface area contributed by atoms with E-state index in [-0.39, 0.29) is 11.4 Å². The van der Waals surface area contributed by atoms with E-state index < -0.39 is 11.7 Å². The molecule has 0 radical (unpaired) electrons. The second-order valence-corrected chi connectivity index (χ2v) is 8.42. The Morgan fingerprint density at radius 2 is 2.05 bits per heavy atom. The molecular weight excluding hydrogens is 470 g/mol. The maximum Gasteiger partial charge on any atom is 0.295 e. The second kappa shape index (κ2) is 9.94. The lowest BCUT2D eigenvalue weighted by atomic mass is 9.92. The number of fused-ring (bicyclic) bond motifs is 1. The second-order valence-electron chi connectivity index (χ2n) is 8.42. The van der Waals surface area contributed by atoms with Crippen molar-refractivity contribution in [2.24, 2.45) is 5.73 Å². The summed E-state index contributed by atoms with van der Waals surface area (Å²) in [6, 6.07) is 11.7. The van der Waals surface area contributed by atoms with Gasteiger partial charge in [-0.25, -0.2) is 4.68 Å². The van der Waals surface area contributed by atoms with Crippen LogP contribution in [0.5, 0.6) is 0 Å². The van der Waals surface area contributed by atoms with Crippen molar-refractivity contribution in [3.05, 3.63) is 101 Å². The predicted molar refractivity (Wildman–Crippen MR) is 137 cm³/mol. The number of ether oxygens (including phenoxy) is 1. The average molecular weight is 496 g/mol. The fraction of sp³-hybridized carbons (Fsp3) is 0.148. The molecule has 1 aliphatic rings. The standard InChI is InChI=1S/C27H25N7O3/c1-3-22(37-2)23-20(15-30-24(23)26(28)34-14-12-31-32-34)25(35)27(36)33-13-10-18-17(16-33)7-6-8-19(18)21-9-4-5-11-29-21/h3-9,11-12,14-15,30H,1,10,13,16,28H2,2H3/b23-22+,26-24-. The first kappa shape index (κ1) is 23.7. The third kappa shape index (κ3) is 4.29. The number of H-pyrrole nitrogens is 1. The molecule has 3 aromatic heterocycles. The van der Waals surface area contributed by atoms with Crippen molar-refractivity contribution in [3.63, 3.8) is 0 Å². The third-order valence-electron chi connectivity index (χ3n) is 6.39. The average Bonchev–Trinajstić information content (AvgIpc) is 3.64. The summed E-state index contributed by atoms with van der Waals surface area (Å²) in [5, 5.41) is 8.36. The van der Waals surface area contributed by atoms with E-state index in [2.05, 4.69) is 26.9 Å². The Morgan fingerprint density at radius 1 is 1.19 bits per heavy atom. The number of carbonyl (C=O) groups excluding carboxylic acids is 2. The number of benzene rings is 1. The molecule has 4 heterocycles. The topological polar surface area (TPSA) is 132 Å². The van der Waals surface area contributed by atoms with Crippen LogP contribution in [0.1, 0.15) is 21.5 Å². The monoisotopic (exact) mass is 495 g/mol. The van der Waals surface area contributed by atoms with Gasteiger partial charge in [-0.1, -0.05) is 36.1 Å². The summed E-state index contributed by atoms with van der Waals surface area (Å²) >= 11 is 0. The van der Waals surface area contributed by atoms with Crippen LogP contribution in [-0.2, 0) is 22.5 Å². The number of Topliss-reactive ketones (excluding diaryl/α,β-unsaturated/α-hetero) is 1. The molecule has 0 saturated carbocycles. The van der Waals surface area contributed by atoms with Gasteiger partial charge in [0.1, 0.15) is 5.76 Å². The van der Waals surface area contributed by atoms with Gasteiger partial charge in [-0.05, 0) is 35.8 Å². The van der Waals surface area contributed by atoms with Crippen LogP contribution < -0.4 is 16.3 Å². The van der Waals surface area contributed by atoms with Gasteiger partial charge in [-0.15, -0.1) is 5.10 Å². The Bertz CT molecular complexity index is 1610. The zero-order valence-corrected chi connectivity index (χ0v) is 20.2. The van der Waals surface area contributed by atoms with Crippen molar-refractivity contribution in [2.45, 2.75) is 13.0 Å². The summed E-state index contributed by atoms with van der Waals surface area (Å²) in [5.74, 6) is -0.812. The van der Waals surface area contributed by atoms with Crippen LogP contribution >= 0.6 is 0 Å². The van der Waals surface area contributed by atoms with Crippen molar-refractivity contribution in [1.29, 1.82) is 0 Å². The highest BCUT2D eigenvalue weighted by atomic mass is 16.5. The van der Waals surface area contributed by atoms with E-state index >= 15 is 0 Å². The number of hydrogen-bond donors (Lipinski definition) is 2. The molecule has 0 aliphatic carbocycles. The van der Waals surface area contributed by atoms with Gasteiger partial charge in [0, 0.05) is 31.0 Å². The summed E-state index contributed by atoms with van der Waals surface area (Å²) < 4.78 is 6.80. The molecule has 3 N–H and O–H groups in total. The smallest absolute Gasteiger partial charge is 0.295 e. The highest BCUT2D eigenvalue weighted by molar-refractivity contribution is 6.42. The highest BCUT2D eigenvalue weighted by Crippen LogP contribution is 2.29. The fourth-order valence-electron chi connectivity index (χ4n) is 4.60. The minimum absolute atomic E-state index is 0.132. The highest BCUT2D eigenvalue weighted by Gasteiger charge is 2.29. The summed E-state index contributed by atoms with van der Waals surface area (Å²) in [7, 11) is 1.45. The number of hydrogen-bond acceptors (Lipinski definition) is 7. The number of carbonyl (C=O) groups is 2.